The number of hydrogen-bond acceptors (Lipinski definition) is 3. The molecule has 3 aromatic rings. The third-order valence-corrected chi connectivity index (χ3v) is 5.06. The van der Waals surface area contributed by atoms with Crippen LogP contribution in [0.2, 0.25) is 5.02 Å². The Balaban J connectivity index is 2.01. The number of benzene rings is 3. The van der Waals surface area contributed by atoms with E-state index in [0.29, 0.717) is 23.6 Å². The van der Waals surface area contributed by atoms with Gasteiger partial charge >= 0.3 is 5.97 Å². The zero-order valence-electron chi connectivity index (χ0n) is 15.5. The minimum absolute atomic E-state index is 0.484. The molecular formula is C24H19ClO3. The first-order chi connectivity index (χ1) is 13.6. The smallest absolute Gasteiger partial charge is 0.335 e. The van der Waals surface area contributed by atoms with Crippen LogP contribution in [0.25, 0.3) is 10.8 Å². The lowest BCUT2D eigenvalue weighted by Gasteiger charge is -2.24. The third kappa shape index (κ3) is 3.41. The van der Waals surface area contributed by atoms with Crippen LogP contribution in [0.15, 0.2) is 72.8 Å². The predicted octanol–water partition coefficient (Wildman–Crippen LogP) is 6.42. The minimum Gasteiger partial charge on any atom is -0.456 e. The van der Waals surface area contributed by atoms with E-state index in [-0.39, 0.29) is 0 Å². The fourth-order valence-electron chi connectivity index (χ4n) is 3.51. The van der Waals surface area contributed by atoms with E-state index in [9.17, 15) is 4.79 Å². The monoisotopic (exact) mass is 390 g/mol. The Hall–Kier alpha value is -3.04. The summed E-state index contributed by atoms with van der Waals surface area (Å²) in [7, 11) is 0. The minimum atomic E-state index is -0.484. The van der Waals surface area contributed by atoms with Gasteiger partial charge in [0.25, 0.3) is 0 Å². The molecule has 3 aromatic carbocycles. The number of allylic oxidation sites excluding steroid dienone is 2. The van der Waals surface area contributed by atoms with Crippen molar-refractivity contribution < 1.29 is 14.3 Å². The van der Waals surface area contributed by atoms with Gasteiger partial charge in [0, 0.05) is 33.0 Å². The molecule has 0 aromatic heterocycles. The normalized spacial score (nSPS) is 12.9. The zero-order chi connectivity index (χ0) is 19.7. The van der Waals surface area contributed by atoms with E-state index in [1.807, 2.05) is 42.5 Å². The molecule has 4 heteroatoms. The molecule has 140 valence electrons. The van der Waals surface area contributed by atoms with Gasteiger partial charge in [0.1, 0.15) is 17.2 Å². The molecule has 0 atom stereocenters. The van der Waals surface area contributed by atoms with Crippen LogP contribution in [-0.4, -0.2) is 5.97 Å². The van der Waals surface area contributed by atoms with Crippen LogP contribution in [0.4, 0.5) is 0 Å². The fourth-order valence-corrected chi connectivity index (χ4v) is 3.69. The SMILES string of the molecule is C=CC(=O)Oc1c2c(c(Oc3ccccc3)c3cc(Cl)ccc13)CC=C(C)C2. The molecule has 0 saturated carbocycles. The molecular weight excluding hydrogens is 372 g/mol. The van der Waals surface area contributed by atoms with Crippen LogP contribution in [-0.2, 0) is 17.6 Å². The van der Waals surface area contributed by atoms with Gasteiger partial charge in [-0.05, 0) is 50.1 Å². The molecule has 1 aliphatic rings. The summed E-state index contributed by atoms with van der Waals surface area (Å²) < 4.78 is 12.0. The number of para-hydroxylation sites is 1. The van der Waals surface area contributed by atoms with Gasteiger partial charge < -0.3 is 9.47 Å². The summed E-state index contributed by atoms with van der Waals surface area (Å²) in [6.07, 6.45) is 4.74. The number of hydrogen-bond donors (Lipinski definition) is 0. The van der Waals surface area contributed by atoms with Gasteiger partial charge in [-0.3, -0.25) is 0 Å². The molecule has 0 unspecified atom stereocenters. The van der Waals surface area contributed by atoms with E-state index in [1.54, 1.807) is 6.07 Å². The highest BCUT2D eigenvalue weighted by Crippen LogP contribution is 2.46. The first-order valence-corrected chi connectivity index (χ1v) is 9.44. The van der Waals surface area contributed by atoms with Gasteiger partial charge in [0.05, 0.1) is 0 Å². The Labute approximate surface area is 168 Å². The summed E-state index contributed by atoms with van der Waals surface area (Å²) in [6.45, 7) is 5.59. The van der Waals surface area contributed by atoms with Crippen LogP contribution in [0, 0.1) is 0 Å². The molecule has 4 rings (SSSR count). The van der Waals surface area contributed by atoms with Crippen LogP contribution in [0.1, 0.15) is 18.1 Å². The van der Waals surface area contributed by atoms with Gasteiger partial charge in [0.15, 0.2) is 0 Å². The second-order valence-electron chi connectivity index (χ2n) is 6.78. The summed E-state index contributed by atoms with van der Waals surface area (Å²) in [5.41, 5.74) is 3.20. The number of fused-ring (bicyclic) bond motifs is 2. The highest BCUT2D eigenvalue weighted by molar-refractivity contribution is 6.31. The summed E-state index contributed by atoms with van der Waals surface area (Å²) >= 11 is 6.29. The van der Waals surface area contributed by atoms with Gasteiger partial charge in [-0.15, -0.1) is 0 Å². The van der Waals surface area contributed by atoms with Crippen molar-refractivity contribution in [3.8, 4) is 17.2 Å². The highest BCUT2D eigenvalue weighted by Gasteiger charge is 2.25. The maximum absolute atomic E-state index is 12.0. The molecule has 28 heavy (non-hydrogen) atoms. The van der Waals surface area contributed by atoms with Gasteiger partial charge in [-0.25, -0.2) is 4.79 Å². The molecule has 3 nitrogen and oxygen atoms in total. The molecule has 0 aliphatic heterocycles. The van der Waals surface area contributed by atoms with Crippen molar-refractivity contribution in [3.05, 3.63) is 89.0 Å². The molecule has 0 radical (unpaired) electrons. The number of halogens is 1. The van der Waals surface area contributed by atoms with Crippen molar-refractivity contribution in [1.29, 1.82) is 0 Å². The molecule has 1 aliphatic carbocycles. The molecule has 0 bridgehead atoms. The topological polar surface area (TPSA) is 35.5 Å². The Morgan fingerprint density at radius 3 is 2.61 bits per heavy atom. The van der Waals surface area contributed by atoms with Crippen molar-refractivity contribution in [3.63, 3.8) is 0 Å². The Bertz CT molecular complexity index is 1110. The quantitative estimate of drug-likeness (QED) is 0.223. The molecule has 0 spiro atoms. The summed E-state index contributed by atoms with van der Waals surface area (Å²) in [5.74, 6) is 1.57. The maximum Gasteiger partial charge on any atom is 0.335 e. The zero-order valence-corrected chi connectivity index (χ0v) is 16.3. The molecule has 0 saturated heterocycles. The predicted molar refractivity (Wildman–Crippen MR) is 112 cm³/mol. The number of carbonyl (C=O) groups is 1. The number of rotatable bonds is 4. The van der Waals surface area contributed by atoms with Crippen molar-refractivity contribution >= 4 is 28.3 Å². The van der Waals surface area contributed by atoms with Crippen molar-refractivity contribution in [1.82, 2.24) is 0 Å². The molecule has 0 heterocycles. The summed E-state index contributed by atoms with van der Waals surface area (Å²) in [5, 5.41) is 2.20. The Kier molecular flexibility index (Phi) is 4.93. The van der Waals surface area contributed by atoms with E-state index in [4.69, 9.17) is 21.1 Å². The number of ether oxygens (including phenoxy) is 2. The third-order valence-electron chi connectivity index (χ3n) is 4.83. The molecule has 0 amide bonds. The first-order valence-electron chi connectivity index (χ1n) is 9.06. The summed E-state index contributed by atoms with van der Waals surface area (Å²) in [4.78, 5) is 12.0. The second-order valence-corrected chi connectivity index (χ2v) is 7.21. The van der Waals surface area contributed by atoms with Gasteiger partial charge in [0.2, 0.25) is 0 Å². The van der Waals surface area contributed by atoms with Crippen molar-refractivity contribution in [2.45, 2.75) is 19.8 Å². The average molecular weight is 391 g/mol. The van der Waals surface area contributed by atoms with Crippen molar-refractivity contribution in [2.75, 3.05) is 0 Å². The maximum atomic E-state index is 12.0. The Morgan fingerprint density at radius 2 is 1.86 bits per heavy atom. The van der Waals surface area contributed by atoms with Crippen LogP contribution in [0.5, 0.6) is 17.2 Å². The van der Waals surface area contributed by atoms with Crippen LogP contribution in [0.3, 0.4) is 0 Å². The Morgan fingerprint density at radius 1 is 1.07 bits per heavy atom. The molecule has 0 N–H and O–H groups in total. The number of carbonyl (C=O) groups excluding carboxylic acids is 1. The van der Waals surface area contributed by atoms with Gasteiger partial charge in [-0.2, -0.15) is 0 Å². The van der Waals surface area contributed by atoms with Crippen LogP contribution < -0.4 is 9.47 Å². The lowest BCUT2D eigenvalue weighted by molar-refractivity contribution is -0.128. The summed E-state index contributed by atoms with van der Waals surface area (Å²) in [6, 6.07) is 15.2. The number of esters is 1. The molecule has 0 fully saturated rings. The van der Waals surface area contributed by atoms with Gasteiger partial charge in [-0.1, -0.05) is 48.0 Å². The van der Waals surface area contributed by atoms with Crippen LogP contribution >= 0.6 is 11.6 Å². The van der Waals surface area contributed by atoms with E-state index in [0.717, 1.165) is 33.4 Å². The van der Waals surface area contributed by atoms with E-state index in [1.165, 1.54) is 11.6 Å². The fraction of sp³-hybridized carbons (Fsp3) is 0.125. The van der Waals surface area contributed by atoms with E-state index in [2.05, 4.69) is 19.6 Å². The largest absolute Gasteiger partial charge is 0.456 e. The lowest BCUT2D eigenvalue weighted by Crippen LogP contribution is -2.11. The van der Waals surface area contributed by atoms with Crippen molar-refractivity contribution in [2.24, 2.45) is 0 Å². The second kappa shape index (κ2) is 7.53. The lowest BCUT2D eigenvalue weighted by atomic mass is 9.87. The first kappa shape index (κ1) is 18.3. The van der Waals surface area contributed by atoms with E-state index >= 15 is 0 Å². The standard InChI is InChI=1S/C24H19ClO3/c1-3-22(26)28-24-19-12-10-16(25)14-21(19)23(27-17-7-5-4-6-8-17)18-11-9-15(2)13-20(18)24/h3-10,12,14H,1,11,13H2,2H3. The average Bonchev–Trinajstić information content (AvgIpc) is 2.71. The van der Waals surface area contributed by atoms with E-state index < -0.39 is 5.97 Å². The highest BCUT2D eigenvalue weighted by atomic mass is 35.5.